The quantitative estimate of drug-likeness (QED) is 0.716. The number of carbonyl (C=O) groups is 1. The van der Waals surface area contributed by atoms with Crippen molar-refractivity contribution in [3.05, 3.63) is 0 Å². The maximum atomic E-state index is 11.0. The molecule has 0 bridgehead atoms. The van der Waals surface area contributed by atoms with Gasteiger partial charge in [0.25, 0.3) is 0 Å². The second-order valence-corrected chi connectivity index (χ2v) is 4.50. The molecular formula is C10H19NO2. The number of carbonyl (C=O) groups excluding carboxylic acids is 1. The molecule has 3 nitrogen and oxygen atoms in total. The molecule has 0 aromatic rings. The summed E-state index contributed by atoms with van der Waals surface area (Å²) in [6.45, 7) is 6.43. The topological polar surface area (TPSA) is 38.3 Å². The highest BCUT2D eigenvalue weighted by molar-refractivity contribution is 5.67. The maximum Gasteiger partial charge on any atom is 0.407 e. The molecule has 0 aliphatic heterocycles. The van der Waals surface area contributed by atoms with Crippen LogP contribution < -0.4 is 5.32 Å². The van der Waals surface area contributed by atoms with Gasteiger partial charge < -0.3 is 10.1 Å². The normalized spacial score (nSPS) is 32.5. The molecule has 3 heteroatoms. The van der Waals surface area contributed by atoms with Crippen LogP contribution in [0.2, 0.25) is 0 Å². The van der Waals surface area contributed by atoms with Crippen LogP contribution in [0.15, 0.2) is 0 Å². The Morgan fingerprint density at radius 1 is 1.54 bits per heavy atom. The Balaban J connectivity index is 2.33. The predicted octanol–water partition coefficient (Wildman–Crippen LogP) is 2.17. The summed E-state index contributed by atoms with van der Waals surface area (Å²) < 4.78 is 5.25. The lowest BCUT2D eigenvalue weighted by Gasteiger charge is -2.46. The fourth-order valence-electron chi connectivity index (χ4n) is 1.88. The summed E-state index contributed by atoms with van der Waals surface area (Å²) in [5, 5.41) is 2.47. The van der Waals surface area contributed by atoms with Gasteiger partial charge in [-0.2, -0.15) is 0 Å². The molecule has 1 rings (SSSR count). The number of nitrogens with one attached hydrogen (secondary N) is 1. The Bertz CT molecular complexity index is 195. The van der Waals surface area contributed by atoms with Crippen molar-refractivity contribution in [3.63, 3.8) is 0 Å². The summed E-state index contributed by atoms with van der Waals surface area (Å²) in [4.78, 5) is 11.0. The first-order chi connectivity index (χ1) is 5.97. The first-order valence-electron chi connectivity index (χ1n) is 4.87. The van der Waals surface area contributed by atoms with Crippen molar-refractivity contribution in [2.45, 2.75) is 39.2 Å². The molecule has 0 radical (unpaired) electrons. The summed E-state index contributed by atoms with van der Waals surface area (Å²) in [6, 6.07) is 0. The van der Waals surface area contributed by atoms with Gasteiger partial charge in [0.1, 0.15) is 5.60 Å². The minimum absolute atomic E-state index is 0.213. The van der Waals surface area contributed by atoms with E-state index in [0.717, 1.165) is 18.8 Å². The highest BCUT2D eigenvalue weighted by Crippen LogP contribution is 2.44. The average Bonchev–Trinajstić information content (AvgIpc) is 1.99. The third-order valence-corrected chi connectivity index (χ3v) is 2.87. The van der Waals surface area contributed by atoms with E-state index in [9.17, 15) is 4.79 Å². The van der Waals surface area contributed by atoms with Gasteiger partial charge in [-0.1, -0.05) is 13.8 Å². The summed E-state index contributed by atoms with van der Waals surface area (Å²) in [5.41, 5.74) is -0.213. The van der Waals surface area contributed by atoms with Crippen molar-refractivity contribution in [3.8, 4) is 0 Å². The molecule has 1 amide bonds. The van der Waals surface area contributed by atoms with Crippen LogP contribution in [0.5, 0.6) is 0 Å². The third kappa shape index (κ3) is 2.36. The second-order valence-electron chi connectivity index (χ2n) is 4.50. The molecule has 1 saturated carbocycles. The fraction of sp³-hybridized carbons (Fsp3) is 0.900. The molecule has 1 fully saturated rings. The fourth-order valence-corrected chi connectivity index (χ4v) is 1.88. The van der Waals surface area contributed by atoms with Gasteiger partial charge in [0.05, 0.1) is 0 Å². The molecule has 76 valence electrons. The zero-order valence-corrected chi connectivity index (χ0v) is 8.89. The van der Waals surface area contributed by atoms with Crippen molar-refractivity contribution < 1.29 is 9.53 Å². The first-order valence-corrected chi connectivity index (χ1v) is 4.87. The summed E-state index contributed by atoms with van der Waals surface area (Å²) >= 11 is 0. The van der Waals surface area contributed by atoms with Gasteiger partial charge >= 0.3 is 6.09 Å². The Morgan fingerprint density at radius 3 is 2.46 bits per heavy atom. The van der Waals surface area contributed by atoms with Crippen molar-refractivity contribution in [1.29, 1.82) is 0 Å². The van der Waals surface area contributed by atoms with Crippen LogP contribution in [0, 0.1) is 11.8 Å². The number of hydrogen-bond acceptors (Lipinski definition) is 2. The maximum absolute atomic E-state index is 11.0. The van der Waals surface area contributed by atoms with Gasteiger partial charge in [-0.15, -0.1) is 0 Å². The van der Waals surface area contributed by atoms with E-state index in [1.807, 2.05) is 6.92 Å². The molecule has 0 atom stereocenters. The van der Waals surface area contributed by atoms with Gasteiger partial charge in [-0.05, 0) is 31.6 Å². The number of rotatable bonds is 2. The highest BCUT2D eigenvalue weighted by atomic mass is 16.6. The van der Waals surface area contributed by atoms with Crippen LogP contribution in [0.1, 0.15) is 33.6 Å². The van der Waals surface area contributed by atoms with E-state index >= 15 is 0 Å². The van der Waals surface area contributed by atoms with Gasteiger partial charge in [0.15, 0.2) is 0 Å². The SMILES string of the molecule is CNC(=O)O[C@]1(C)C[C@H](C(C)C)C1. The Labute approximate surface area is 79.8 Å². The minimum Gasteiger partial charge on any atom is -0.443 e. The lowest BCUT2D eigenvalue weighted by molar-refractivity contribution is -0.0791. The van der Waals surface area contributed by atoms with Gasteiger partial charge in [-0.25, -0.2) is 4.79 Å². The predicted molar refractivity (Wildman–Crippen MR) is 51.5 cm³/mol. The molecule has 0 unspecified atom stereocenters. The summed E-state index contributed by atoms with van der Waals surface area (Å²) in [5.74, 6) is 1.41. The van der Waals surface area contributed by atoms with Crippen LogP contribution in [0.25, 0.3) is 0 Å². The number of hydrogen-bond donors (Lipinski definition) is 1. The van der Waals surface area contributed by atoms with E-state index in [4.69, 9.17) is 4.74 Å². The van der Waals surface area contributed by atoms with Crippen molar-refractivity contribution in [2.75, 3.05) is 7.05 Å². The first kappa shape index (κ1) is 10.4. The van der Waals surface area contributed by atoms with Gasteiger partial charge in [-0.3, -0.25) is 0 Å². The highest BCUT2D eigenvalue weighted by Gasteiger charge is 2.44. The molecule has 1 aliphatic rings. The largest absolute Gasteiger partial charge is 0.443 e. The molecule has 0 aromatic heterocycles. The number of ether oxygens (including phenoxy) is 1. The minimum atomic E-state index is -0.315. The second kappa shape index (κ2) is 3.56. The van der Waals surface area contributed by atoms with Crippen LogP contribution >= 0.6 is 0 Å². The molecule has 1 aliphatic carbocycles. The van der Waals surface area contributed by atoms with Crippen molar-refractivity contribution in [2.24, 2.45) is 11.8 Å². The number of alkyl carbamates (subject to hydrolysis) is 1. The van der Waals surface area contributed by atoms with E-state index in [1.165, 1.54) is 0 Å². The molecule has 13 heavy (non-hydrogen) atoms. The van der Waals surface area contributed by atoms with Crippen molar-refractivity contribution in [1.82, 2.24) is 5.32 Å². The molecular weight excluding hydrogens is 166 g/mol. The zero-order valence-electron chi connectivity index (χ0n) is 8.89. The third-order valence-electron chi connectivity index (χ3n) is 2.87. The smallest absolute Gasteiger partial charge is 0.407 e. The van der Waals surface area contributed by atoms with E-state index in [-0.39, 0.29) is 11.7 Å². The molecule has 0 spiro atoms. The lowest BCUT2D eigenvalue weighted by Crippen LogP contribution is -2.48. The van der Waals surface area contributed by atoms with Crippen LogP contribution in [-0.4, -0.2) is 18.7 Å². The number of amides is 1. The summed E-state index contributed by atoms with van der Waals surface area (Å²) in [7, 11) is 1.59. The molecule has 0 aromatic carbocycles. The Hall–Kier alpha value is -0.730. The lowest BCUT2D eigenvalue weighted by atomic mass is 9.67. The van der Waals surface area contributed by atoms with E-state index in [0.29, 0.717) is 5.92 Å². The molecule has 0 heterocycles. The van der Waals surface area contributed by atoms with E-state index in [1.54, 1.807) is 7.05 Å². The van der Waals surface area contributed by atoms with Gasteiger partial charge in [0, 0.05) is 7.05 Å². The average molecular weight is 185 g/mol. The van der Waals surface area contributed by atoms with Crippen molar-refractivity contribution >= 4 is 6.09 Å². The summed E-state index contributed by atoms with van der Waals surface area (Å²) in [6.07, 6.45) is 1.68. The monoisotopic (exact) mass is 185 g/mol. The van der Waals surface area contributed by atoms with Gasteiger partial charge in [0.2, 0.25) is 0 Å². The Kier molecular flexibility index (Phi) is 2.84. The van der Waals surface area contributed by atoms with E-state index in [2.05, 4.69) is 19.2 Å². The molecule has 1 N–H and O–H groups in total. The Morgan fingerprint density at radius 2 is 2.08 bits per heavy atom. The standard InChI is InChI=1S/C10H19NO2/c1-7(2)8-5-10(3,6-8)13-9(12)11-4/h7-8H,5-6H2,1-4H3,(H,11,12)/t8-,10+. The van der Waals surface area contributed by atoms with Crippen LogP contribution in [0.4, 0.5) is 4.79 Å². The van der Waals surface area contributed by atoms with E-state index < -0.39 is 0 Å². The zero-order chi connectivity index (χ0) is 10.1. The molecule has 0 saturated heterocycles. The van der Waals surface area contributed by atoms with Crippen LogP contribution in [-0.2, 0) is 4.74 Å². The van der Waals surface area contributed by atoms with Crippen LogP contribution in [0.3, 0.4) is 0 Å².